The molecule has 1 fully saturated rings. The van der Waals surface area contributed by atoms with E-state index in [9.17, 15) is 18.0 Å². The molecule has 0 bridgehead atoms. The van der Waals surface area contributed by atoms with Gasteiger partial charge in [0.2, 0.25) is 11.8 Å². The second-order valence-corrected chi connectivity index (χ2v) is 6.55. The molecule has 1 N–H and O–H groups in total. The van der Waals surface area contributed by atoms with Gasteiger partial charge >= 0.3 is 0 Å². The summed E-state index contributed by atoms with van der Waals surface area (Å²) in [5, 5.41) is 3.75. The van der Waals surface area contributed by atoms with Crippen molar-refractivity contribution in [1.82, 2.24) is 10.2 Å². The molecule has 0 saturated carbocycles. The zero-order valence-corrected chi connectivity index (χ0v) is 11.1. The van der Waals surface area contributed by atoms with Gasteiger partial charge in [-0.15, -0.1) is 0 Å². The summed E-state index contributed by atoms with van der Waals surface area (Å²) in [7, 11) is -3.24. The Bertz CT molecular complexity index is 511. The summed E-state index contributed by atoms with van der Waals surface area (Å²) in [6, 6.07) is -1.72. The van der Waals surface area contributed by atoms with Crippen LogP contribution in [0, 0.1) is 0 Å². The van der Waals surface area contributed by atoms with E-state index in [4.69, 9.17) is 0 Å². The Labute approximate surface area is 106 Å². The third kappa shape index (κ3) is 2.14. The van der Waals surface area contributed by atoms with Gasteiger partial charge < -0.3 is 10.2 Å². The van der Waals surface area contributed by atoms with Crippen molar-refractivity contribution in [3.8, 4) is 0 Å². The molecule has 0 aromatic heterocycles. The highest BCUT2D eigenvalue weighted by atomic mass is 32.2. The number of carbonyl (C=O) groups is 2. The molecule has 100 valence electrons. The van der Waals surface area contributed by atoms with Gasteiger partial charge in [-0.2, -0.15) is 0 Å². The van der Waals surface area contributed by atoms with E-state index in [1.807, 2.05) is 0 Å². The lowest BCUT2D eigenvalue weighted by Crippen LogP contribution is -2.64. The molecule has 6 nitrogen and oxygen atoms in total. The van der Waals surface area contributed by atoms with Gasteiger partial charge in [0.15, 0.2) is 9.84 Å². The van der Waals surface area contributed by atoms with Crippen molar-refractivity contribution in [2.24, 2.45) is 0 Å². The number of amides is 2. The second kappa shape index (κ2) is 4.38. The highest BCUT2D eigenvalue weighted by molar-refractivity contribution is 7.94. The average Bonchev–Trinajstić information content (AvgIpc) is 2.64. The molecule has 2 heterocycles. The summed E-state index contributed by atoms with van der Waals surface area (Å²) in [6.45, 7) is 3.41. The summed E-state index contributed by atoms with van der Waals surface area (Å²) in [4.78, 5) is 25.3. The SMILES string of the molecule is CCC1NC(=O)C(C)N(C2C=CS(=O)(=O)C2)C1=O. The predicted octanol–water partition coefficient (Wildman–Crippen LogP) is -0.577. The molecule has 7 heteroatoms. The number of hydrogen-bond donors (Lipinski definition) is 1. The second-order valence-electron chi connectivity index (χ2n) is 4.62. The summed E-state index contributed by atoms with van der Waals surface area (Å²) in [6.07, 6.45) is 1.98. The van der Waals surface area contributed by atoms with Gasteiger partial charge in [0.25, 0.3) is 0 Å². The first kappa shape index (κ1) is 13.1. The first-order valence-corrected chi connectivity index (χ1v) is 7.61. The maximum Gasteiger partial charge on any atom is 0.246 e. The Hall–Kier alpha value is -1.37. The number of sulfone groups is 1. The van der Waals surface area contributed by atoms with Crippen LogP contribution in [0.1, 0.15) is 20.3 Å². The number of rotatable bonds is 2. The number of piperazine rings is 1. The number of nitrogens with one attached hydrogen (secondary N) is 1. The van der Waals surface area contributed by atoms with Crippen LogP contribution in [-0.2, 0) is 19.4 Å². The van der Waals surface area contributed by atoms with Gasteiger partial charge in [-0.3, -0.25) is 9.59 Å². The van der Waals surface area contributed by atoms with Crippen molar-refractivity contribution in [1.29, 1.82) is 0 Å². The van der Waals surface area contributed by atoms with Crippen molar-refractivity contribution in [3.05, 3.63) is 11.5 Å². The summed E-state index contributed by atoms with van der Waals surface area (Å²) < 4.78 is 22.8. The summed E-state index contributed by atoms with van der Waals surface area (Å²) in [5.74, 6) is -0.581. The van der Waals surface area contributed by atoms with Gasteiger partial charge in [-0.1, -0.05) is 6.92 Å². The summed E-state index contributed by atoms with van der Waals surface area (Å²) >= 11 is 0. The maximum absolute atomic E-state index is 12.2. The lowest BCUT2D eigenvalue weighted by atomic mass is 10.0. The fourth-order valence-electron chi connectivity index (χ4n) is 2.31. The monoisotopic (exact) mass is 272 g/mol. The molecule has 2 aliphatic rings. The fourth-order valence-corrected chi connectivity index (χ4v) is 3.59. The molecule has 2 amide bonds. The molecule has 0 spiro atoms. The number of nitrogens with zero attached hydrogens (tertiary/aromatic N) is 1. The van der Waals surface area contributed by atoms with Gasteiger partial charge in [0, 0.05) is 5.41 Å². The van der Waals surface area contributed by atoms with Gasteiger partial charge in [-0.25, -0.2) is 8.42 Å². The third-order valence-corrected chi connectivity index (χ3v) is 4.72. The molecule has 1 saturated heterocycles. The van der Waals surface area contributed by atoms with Crippen LogP contribution in [0.3, 0.4) is 0 Å². The lowest BCUT2D eigenvalue weighted by molar-refractivity contribution is -0.149. The van der Waals surface area contributed by atoms with Crippen molar-refractivity contribution in [3.63, 3.8) is 0 Å². The third-order valence-electron chi connectivity index (χ3n) is 3.34. The minimum atomic E-state index is -3.24. The van der Waals surface area contributed by atoms with E-state index in [1.165, 1.54) is 11.0 Å². The van der Waals surface area contributed by atoms with E-state index in [0.29, 0.717) is 6.42 Å². The Morgan fingerprint density at radius 1 is 1.44 bits per heavy atom. The zero-order valence-electron chi connectivity index (χ0n) is 10.3. The smallest absolute Gasteiger partial charge is 0.246 e. The fraction of sp³-hybridized carbons (Fsp3) is 0.636. The minimum Gasteiger partial charge on any atom is -0.343 e. The van der Waals surface area contributed by atoms with E-state index in [-0.39, 0.29) is 17.6 Å². The van der Waals surface area contributed by atoms with E-state index < -0.39 is 28.0 Å². The molecule has 0 aliphatic carbocycles. The Morgan fingerprint density at radius 2 is 2.11 bits per heavy atom. The van der Waals surface area contributed by atoms with Crippen LogP contribution in [0.25, 0.3) is 0 Å². The van der Waals surface area contributed by atoms with E-state index in [2.05, 4.69) is 5.32 Å². The van der Waals surface area contributed by atoms with Crippen LogP contribution in [0.4, 0.5) is 0 Å². The quantitative estimate of drug-likeness (QED) is 0.729. The van der Waals surface area contributed by atoms with E-state index >= 15 is 0 Å². The van der Waals surface area contributed by atoms with Crippen LogP contribution >= 0.6 is 0 Å². The number of carbonyl (C=O) groups excluding carboxylic acids is 2. The van der Waals surface area contributed by atoms with Crippen LogP contribution in [-0.4, -0.2) is 49.0 Å². The molecular weight excluding hydrogens is 256 g/mol. The van der Waals surface area contributed by atoms with Crippen molar-refractivity contribution in [2.45, 2.75) is 38.4 Å². The van der Waals surface area contributed by atoms with Crippen molar-refractivity contribution >= 4 is 21.7 Å². The van der Waals surface area contributed by atoms with Crippen LogP contribution < -0.4 is 5.32 Å². The minimum absolute atomic E-state index is 0.132. The zero-order chi connectivity index (χ0) is 13.5. The van der Waals surface area contributed by atoms with Crippen LogP contribution in [0.15, 0.2) is 11.5 Å². The first-order valence-electron chi connectivity index (χ1n) is 5.89. The van der Waals surface area contributed by atoms with Crippen LogP contribution in [0.2, 0.25) is 0 Å². The van der Waals surface area contributed by atoms with E-state index in [0.717, 1.165) is 5.41 Å². The molecule has 0 aromatic carbocycles. The topological polar surface area (TPSA) is 83.6 Å². The largest absolute Gasteiger partial charge is 0.343 e. The lowest BCUT2D eigenvalue weighted by Gasteiger charge is -2.39. The van der Waals surface area contributed by atoms with Crippen LogP contribution in [0.5, 0.6) is 0 Å². The number of hydrogen-bond acceptors (Lipinski definition) is 4. The highest BCUT2D eigenvalue weighted by Crippen LogP contribution is 2.21. The van der Waals surface area contributed by atoms with Crippen molar-refractivity contribution in [2.75, 3.05) is 5.75 Å². The Morgan fingerprint density at radius 3 is 2.61 bits per heavy atom. The molecule has 2 rings (SSSR count). The van der Waals surface area contributed by atoms with Gasteiger partial charge in [0.05, 0.1) is 11.8 Å². The average molecular weight is 272 g/mol. The molecule has 2 aliphatic heterocycles. The molecule has 3 unspecified atom stereocenters. The van der Waals surface area contributed by atoms with Gasteiger partial charge in [0.1, 0.15) is 12.1 Å². The Kier molecular flexibility index (Phi) is 3.18. The molecular formula is C11H16N2O4S. The summed E-state index contributed by atoms with van der Waals surface area (Å²) in [5.41, 5.74) is 0. The molecule has 3 atom stereocenters. The van der Waals surface area contributed by atoms with Gasteiger partial charge in [-0.05, 0) is 19.4 Å². The highest BCUT2D eigenvalue weighted by Gasteiger charge is 2.42. The normalized spacial score (nSPS) is 34.8. The van der Waals surface area contributed by atoms with Crippen molar-refractivity contribution < 1.29 is 18.0 Å². The maximum atomic E-state index is 12.2. The van der Waals surface area contributed by atoms with E-state index in [1.54, 1.807) is 13.8 Å². The standard InChI is InChI=1S/C11H16N2O4S/c1-3-9-11(15)13(7(2)10(14)12-9)8-4-5-18(16,17)6-8/h4-5,7-9H,3,6H2,1-2H3,(H,12,14). The first-order chi connectivity index (χ1) is 8.35. The Balaban J connectivity index is 2.27. The molecule has 0 radical (unpaired) electrons. The molecule has 0 aromatic rings. The predicted molar refractivity (Wildman–Crippen MR) is 65.2 cm³/mol. The molecule has 18 heavy (non-hydrogen) atoms.